The molecule has 0 N–H and O–H groups in total. The molecule has 0 heterocycles. The number of hydrogen-bond donors (Lipinski definition) is 0. The van der Waals surface area contributed by atoms with E-state index in [1.807, 2.05) is 0 Å². The molecule has 0 spiro atoms. The van der Waals surface area contributed by atoms with Crippen LogP contribution in [0.15, 0.2) is 0 Å². The van der Waals surface area contributed by atoms with Gasteiger partial charge in [0.15, 0.2) is 0 Å². The lowest BCUT2D eigenvalue weighted by molar-refractivity contribution is -0.166. The molecule has 0 amide bonds. The summed E-state index contributed by atoms with van der Waals surface area (Å²) in [6, 6.07) is 0. The van der Waals surface area contributed by atoms with E-state index in [9.17, 15) is 9.59 Å². The Morgan fingerprint density at radius 1 is 0.682 bits per heavy atom. The van der Waals surface area contributed by atoms with Gasteiger partial charge in [0.05, 0.1) is 0 Å². The predicted octanol–water partition coefficient (Wildman–Crippen LogP) is 3.92. The van der Waals surface area contributed by atoms with Gasteiger partial charge in [-0.05, 0) is 24.3 Å². The molecule has 6 heteroatoms. The van der Waals surface area contributed by atoms with Gasteiger partial charge in [0.25, 0.3) is 0 Å². The molecule has 0 fully saturated rings. The Balaban J connectivity index is 3.38. The Kier molecular flexibility index (Phi) is 16.7. The summed E-state index contributed by atoms with van der Waals surface area (Å²) in [5.41, 5.74) is 0. The summed E-state index contributed by atoms with van der Waals surface area (Å²) in [5, 5.41) is 0. The van der Waals surface area contributed by atoms with Crippen molar-refractivity contribution >= 4 is 35.5 Å². The fraction of sp³-hybridized carbons (Fsp3) is 0.875. The monoisotopic (exact) mass is 350 g/mol. The van der Waals surface area contributed by atoms with Gasteiger partial charge in [-0.3, -0.25) is 0 Å². The number of unbranched alkanes of at least 4 members (excludes halogenated alkanes) is 4. The van der Waals surface area contributed by atoms with Crippen LogP contribution in [0.1, 0.15) is 52.4 Å². The summed E-state index contributed by atoms with van der Waals surface area (Å²) >= 11 is 3.49. The average molecular weight is 351 g/mol. The zero-order valence-corrected chi connectivity index (χ0v) is 15.6. The maximum Gasteiger partial charge on any atom is 0.417 e. The molecule has 0 aliphatic carbocycles. The molecule has 0 unspecified atom stereocenters. The van der Waals surface area contributed by atoms with E-state index >= 15 is 0 Å². The summed E-state index contributed by atoms with van der Waals surface area (Å²) in [7, 11) is 0. The zero-order valence-electron chi connectivity index (χ0n) is 13.9. The average Bonchev–Trinajstić information content (AvgIpc) is 2.52. The van der Waals surface area contributed by atoms with Crippen LogP contribution >= 0.6 is 23.5 Å². The summed E-state index contributed by atoms with van der Waals surface area (Å²) in [5.74, 6) is 1.87. The number of thioether (sulfide) groups is 2. The van der Waals surface area contributed by atoms with Crippen LogP contribution in [0.25, 0.3) is 0 Å². The van der Waals surface area contributed by atoms with Crippen LogP contribution in [0, 0.1) is 0 Å². The maximum atomic E-state index is 11.4. The smallest absolute Gasteiger partial charge is 0.417 e. The van der Waals surface area contributed by atoms with Crippen LogP contribution in [0.4, 0.5) is 0 Å². The molecule has 4 nitrogen and oxygen atoms in total. The first-order valence-corrected chi connectivity index (χ1v) is 10.5. The molecular weight excluding hydrogens is 320 g/mol. The zero-order chi connectivity index (χ0) is 16.5. The van der Waals surface area contributed by atoms with Gasteiger partial charge in [0, 0.05) is 11.5 Å². The summed E-state index contributed by atoms with van der Waals surface area (Å²) in [4.78, 5) is 22.7. The molecule has 0 saturated carbocycles. The lowest BCUT2D eigenvalue weighted by atomic mass is 10.3. The Morgan fingerprint density at radius 2 is 1.09 bits per heavy atom. The summed E-state index contributed by atoms with van der Waals surface area (Å²) in [6.07, 6.45) is 7.25. The SMILES string of the molecule is CCCCCSCCOC(=O)C(=O)OCCSCCCCC. The van der Waals surface area contributed by atoms with E-state index in [1.54, 1.807) is 23.5 Å². The van der Waals surface area contributed by atoms with E-state index in [2.05, 4.69) is 13.8 Å². The second-order valence-electron chi connectivity index (χ2n) is 4.91. The van der Waals surface area contributed by atoms with Crippen molar-refractivity contribution in [2.75, 3.05) is 36.2 Å². The summed E-state index contributed by atoms with van der Waals surface area (Å²) in [6.45, 7) is 4.89. The standard InChI is InChI=1S/C16H30O4S2/c1-3-5-7-11-21-13-9-19-15(17)16(18)20-10-14-22-12-8-6-4-2/h3-14H2,1-2H3. The maximum absolute atomic E-state index is 11.4. The van der Waals surface area contributed by atoms with Gasteiger partial charge in [0.2, 0.25) is 0 Å². The van der Waals surface area contributed by atoms with Crippen molar-refractivity contribution in [3.63, 3.8) is 0 Å². The minimum absolute atomic E-state index is 0.274. The van der Waals surface area contributed by atoms with E-state index in [-0.39, 0.29) is 13.2 Å². The molecule has 0 aliphatic rings. The van der Waals surface area contributed by atoms with Crippen LogP contribution in [-0.2, 0) is 19.1 Å². The van der Waals surface area contributed by atoms with E-state index in [0.29, 0.717) is 0 Å². The Labute approximate surface area is 143 Å². The molecular formula is C16H30O4S2. The first-order valence-electron chi connectivity index (χ1n) is 8.21. The first-order chi connectivity index (χ1) is 10.7. The van der Waals surface area contributed by atoms with Gasteiger partial charge in [-0.2, -0.15) is 23.5 Å². The molecule has 22 heavy (non-hydrogen) atoms. The third kappa shape index (κ3) is 14.6. The molecule has 0 aromatic heterocycles. The molecule has 0 bridgehead atoms. The molecule has 0 aromatic rings. The van der Waals surface area contributed by atoms with E-state index in [1.165, 1.54) is 38.5 Å². The van der Waals surface area contributed by atoms with Crippen molar-refractivity contribution in [2.45, 2.75) is 52.4 Å². The molecule has 0 radical (unpaired) electrons. The first kappa shape index (κ1) is 21.6. The van der Waals surface area contributed by atoms with Gasteiger partial charge in [-0.1, -0.05) is 39.5 Å². The molecule has 0 atom stereocenters. The van der Waals surface area contributed by atoms with Gasteiger partial charge in [0.1, 0.15) is 13.2 Å². The van der Waals surface area contributed by atoms with Gasteiger partial charge < -0.3 is 9.47 Å². The third-order valence-electron chi connectivity index (χ3n) is 2.87. The normalized spacial score (nSPS) is 10.5. The highest BCUT2D eigenvalue weighted by Gasteiger charge is 2.16. The second kappa shape index (κ2) is 17.0. The topological polar surface area (TPSA) is 52.6 Å². The minimum atomic E-state index is -0.870. The van der Waals surface area contributed by atoms with Crippen LogP contribution in [0.3, 0.4) is 0 Å². The number of carbonyl (C=O) groups is 2. The van der Waals surface area contributed by atoms with Gasteiger partial charge in [-0.25, -0.2) is 9.59 Å². The van der Waals surface area contributed by atoms with Crippen molar-refractivity contribution in [1.82, 2.24) is 0 Å². The highest BCUT2D eigenvalue weighted by molar-refractivity contribution is 7.99. The quantitative estimate of drug-likeness (QED) is 0.269. The Morgan fingerprint density at radius 3 is 1.45 bits per heavy atom. The molecule has 130 valence electrons. The number of rotatable bonds is 14. The van der Waals surface area contributed by atoms with Crippen molar-refractivity contribution in [1.29, 1.82) is 0 Å². The molecule has 0 aromatic carbocycles. The molecule has 0 saturated heterocycles. The fourth-order valence-corrected chi connectivity index (χ4v) is 3.24. The fourth-order valence-electron chi connectivity index (χ4n) is 1.62. The highest BCUT2D eigenvalue weighted by atomic mass is 32.2. The van der Waals surface area contributed by atoms with E-state index in [0.717, 1.165) is 23.0 Å². The Hall–Kier alpha value is -0.360. The molecule has 0 rings (SSSR count). The molecule has 0 aliphatic heterocycles. The predicted molar refractivity (Wildman–Crippen MR) is 95.6 cm³/mol. The van der Waals surface area contributed by atoms with Crippen LogP contribution in [0.5, 0.6) is 0 Å². The van der Waals surface area contributed by atoms with Crippen LogP contribution in [-0.4, -0.2) is 48.2 Å². The van der Waals surface area contributed by atoms with Crippen LogP contribution in [0.2, 0.25) is 0 Å². The van der Waals surface area contributed by atoms with Crippen molar-refractivity contribution in [3.8, 4) is 0 Å². The van der Waals surface area contributed by atoms with E-state index < -0.39 is 11.9 Å². The van der Waals surface area contributed by atoms with Crippen LogP contribution < -0.4 is 0 Å². The number of hydrogen-bond acceptors (Lipinski definition) is 6. The number of ether oxygens (including phenoxy) is 2. The number of carbonyl (C=O) groups excluding carboxylic acids is 2. The van der Waals surface area contributed by atoms with Crippen molar-refractivity contribution < 1.29 is 19.1 Å². The minimum Gasteiger partial charge on any atom is -0.456 e. The van der Waals surface area contributed by atoms with Crippen molar-refractivity contribution in [3.05, 3.63) is 0 Å². The third-order valence-corrected chi connectivity index (χ3v) is 4.94. The lowest BCUT2D eigenvalue weighted by Crippen LogP contribution is -2.22. The van der Waals surface area contributed by atoms with Gasteiger partial charge in [-0.15, -0.1) is 0 Å². The highest BCUT2D eigenvalue weighted by Crippen LogP contribution is 2.07. The second-order valence-corrected chi connectivity index (χ2v) is 7.36. The lowest BCUT2D eigenvalue weighted by Gasteiger charge is -2.06. The van der Waals surface area contributed by atoms with Gasteiger partial charge >= 0.3 is 11.9 Å². The van der Waals surface area contributed by atoms with E-state index in [4.69, 9.17) is 9.47 Å². The largest absolute Gasteiger partial charge is 0.456 e. The van der Waals surface area contributed by atoms with Crippen molar-refractivity contribution in [2.24, 2.45) is 0 Å². The number of esters is 2. The summed E-state index contributed by atoms with van der Waals surface area (Å²) < 4.78 is 9.76. The Bertz CT molecular complexity index is 257.